The molecule has 0 aliphatic carbocycles. The number of hydrogen-bond donors (Lipinski definition) is 1. The first-order valence-corrected chi connectivity index (χ1v) is 9.47. The fourth-order valence-corrected chi connectivity index (χ4v) is 3.32. The van der Waals surface area contributed by atoms with Crippen molar-refractivity contribution < 1.29 is 18.7 Å². The molecule has 1 N–H and O–H groups in total. The molecule has 1 aromatic carbocycles. The van der Waals surface area contributed by atoms with Crippen LogP contribution in [0.4, 0.5) is 0 Å². The van der Waals surface area contributed by atoms with Crippen molar-refractivity contribution in [3.05, 3.63) is 59.5 Å². The van der Waals surface area contributed by atoms with E-state index in [4.69, 9.17) is 9.15 Å². The van der Waals surface area contributed by atoms with Crippen molar-refractivity contribution >= 4 is 11.8 Å². The molecule has 27 heavy (non-hydrogen) atoms. The number of likely N-dealkylation sites (tertiary alicyclic amines) is 1. The lowest BCUT2D eigenvalue weighted by Gasteiger charge is -2.23. The van der Waals surface area contributed by atoms with Crippen LogP contribution in [0.25, 0.3) is 0 Å². The van der Waals surface area contributed by atoms with E-state index in [9.17, 15) is 9.59 Å². The summed E-state index contributed by atoms with van der Waals surface area (Å²) in [6, 6.07) is 10.8. The van der Waals surface area contributed by atoms with E-state index in [-0.39, 0.29) is 17.6 Å². The third-order valence-corrected chi connectivity index (χ3v) is 4.73. The highest BCUT2D eigenvalue weighted by atomic mass is 16.5. The highest BCUT2D eigenvalue weighted by Gasteiger charge is 2.35. The molecule has 0 bridgehead atoms. The Labute approximate surface area is 159 Å². The SMILES string of the molecule is CCCOCc1ccccc1CNC(=O)C1CCCN1C(=O)c1ccco1. The zero-order valence-electron chi connectivity index (χ0n) is 15.6. The zero-order chi connectivity index (χ0) is 19.1. The maximum absolute atomic E-state index is 12.7. The first-order chi connectivity index (χ1) is 13.2. The maximum Gasteiger partial charge on any atom is 0.290 e. The van der Waals surface area contributed by atoms with E-state index in [0.29, 0.717) is 32.7 Å². The predicted molar refractivity (Wildman–Crippen MR) is 101 cm³/mol. The van der Waals surface area contributed by atoms with Crippen LogP contribution in [0.1, 0.15) is 47.9 Å². The first-order valence-electron chi connectivity index (χ1n) is 9.47. The lowest BCUT2D eigenvalue weighted by molar-refractivity contribution is -0.125. The molecule has 0 saturated carbocycles. The van der Waals surface area contributed by atoms with E-state index in [0.717, 1.165) is 24.0 Å². The van der Waals surface area contributed by atoms with Gasteiger partial charge in [-0.3, -0.25) is 9.59 Å². The second kappa shape index (κ2) is 9.37. The summed E-state index contributed by atoms with van der Waals surface area (Å²) in [5, 5.41) is 2.98. The number of ether oxygens (including phenoxy) is 1. The topological polar surface area (TPSA) is 71.8 Å². The highest BCUT2D eigenvalue weighted by Crippen LogP contribution is 2.21. The summed E-state index contributed by atoms with van der Waals surface area (Å²) in [7, 11) is 0. The molecule has 1 fully saturated rings. The summed E-state index contributed by atoms with van der Waals surface area (Å²) in [6.07, 6.45) is 3.92. The van der Waals surface area contributed by atoms with Crippen LogP contribution in [0.15, 0.2) is 47.1 Å². The quantitative estimate of drug-likeness (QED) is 0.725. The molecule has 6 heteroatoms. The van der Waals surface area contributed by atoms with Gasteiger partial charge in [-0.2, -0.15) is 0 Å². The standard InChI is InChI=1S/C21H26N2O4/c1-2-12-26-15-17-8-4-3-7-16(17)14-22-20(24)18-9-5-11-23(18)21(25)19-10-6-13-27-19/h3-4,6-8,10,13,18H,2,5,9,11-12,14-15H2,1H3,(H,22,24). The van der Waals surface area contributed by atoms with Crippen molar-refractivity contribution in [1.82, 2.24) is 10.2 Å². The van der Waals surface area contributed by atoms with Crippen molar-refractivity contribution in [3.8, 4) is 0 Å². The molecule has 6 nitrogen and oxygen atoms in total. The maximum atomic E-state index is 12.7. The first kappa shape index (κ1) is 19.2. The number of rotatable bonds is 8. The average molecular weight is 370 g/mol. The predicted octanol–water partition coefficient (Wildman–Crippen LogP) is 3.13. The molecular weight excluding hydrogens is 344 g/mol. The summed E-state index contributed by atoms with van der Waals surface area (Å²) in [6.45, 7) is 4.31. The van der Waals surface area contributed by atoms with Gasteiger partial charge in [0.25, 0.3) is 5.91 Å². The number of furan rings is 1. The minimum Gasteiger partial charge on any atom is -0.459 e. The Kier molecular flexibility index (Phi) is 6.65. The summed E-state index contributed by atoms with van der Waals surface area (Å²) >= 11 is 0. The number of amides is 2. The van der Waals surface area contributed by atoms with Gasteiger partial charge < -0.3 is 19.4 Å². The number of hydrogen-bond acceptors (Lipinski definition) is 4. The highest BCUT2D eigenvalue weighted by molar-refractivity contribution is 5.95. The Hall–Kier alpha value is -2.60. The lowest BCUT2D eigenvalue weighted by atomic mass is 10.1. The third-order valence-electron chi connectivity index (χ3n) is 4.73. The summed E-state index contributed by atoms with van der Waals surface area (Å²) < 4.78 is 10.8. The summed E-state index contributed by atoms with van der Waals surface area (Å²) in [4.78, 5) is 26.8. The van der Waals surface area contributed by atoms with Gasteiger partial charge in [-0.05, 0) is 42.5 Å². The van der Waals surface area contributed by atoms with Gasteiger partial charge in [0.05, 0.1) is 12.9 Å². The van der Waals surface area contributed by atoms with E-state index < -0.39 is 6.04 Å². The van der Waals surface area contributed by atoms with Crippen LogP contribution in [-0.2, 0) is 22.7 Å². The lowest BCUT2D eigenvalue weighted by Crippen LogP contribution is -2.45. The Morgan fingerprint density at radius 2 is 2.04 bits per heavy atom. The Balaban J connectivity index is 1.60. The Bertz CT molecular complexity index is 757. The second-order valence-corrected chi connectivity index (χ2v) is 6.67. The number of benzene rings is 1. The Morgan fingerprint density at radius 1 is 1.22 bits per heavy atom. The van der Waals surface area contributed by atoms with Gasteiger partial charge in [0.2, 0.25) is 5.91 Å². The molecule has 2 heterocycles. The molecule has 1 aliphatic rings. The summed E-state index contributed by atoms with van der Waals surface area (Å²) in [5.41, 5.74) is 2.10. The van der Waals surface area contributed by atoms with E-state index in [1.807, 2.05) is 24.3 Å². The van der Waals surface area contributed by atoms with Gasteiger partial charge >= 0.3 is 0 Å². The fraction of sp³-hybridized carbons (Fsp3) is 0.429. The number of carbonyl (C=O) groups excluding carboxylic acids is 2. The van der Waals surface area contributed by atoms with Gasteiger partial charge in [0.1, 0.15) is 6.04 Å². The van der Waals surface area contributed by atoms with Crippen LogP contribution in [0.2, 0.25) is 0 Å². The van der Waals surface area contributed by atoms with E-state index in [2.05, 4.69) is 12.2 Å². The molecule has 1 unspecified atom stereocenters. The molecule has 1 saturated heterocycles. The molecule has 2 amide bonds. The monoisotopic (exact) mass is 370 g/mol. The number of carbonyl (C=O) groups is 2. The van der Waals surface area contributed by atoms with Gasteiger partial charge in [0.15, 0.2) is 5.76 Å². The minimum absolute atomic E-state index is 0.128. The smallest absolute Gasteiger partial charge is 0.290 e. The third kappa shape index (κ3) is 4.77. The van der Waals surface area contributed by atoms with E-state index in [1.165, 1.54) is 6.26 Å². The van der Waals surface area contributed by atoms with Crippen LogP contribution >= 0.6 is 0 Å². The van der Waals surface area contributed by atoms with Crippen LogP contribution < -0.4 is 5.32 Å². The van der Waals surface area contributed by atoms with Crippen molar-refractivity contribution in [3.63, 3.8) is 0 Å². The van der Waals surface area contributed by atoms with Crippen molar-refractivity contribution in [2.75, 3.05) is 13.2 Å². The van der Waals surface area contributed by atoms with E-state index in [1.54, 1.807) is 17.0 Å². The van der Waals surface area contributed by atoms with Crippen LogP contribution in [-0.4, -0.2) is 35.9 Å². The molecule has 3 rings (SSSR count). The van der Waals surface area contributed by atoms with Gasteiger partial charge in [0, 0.05) is 19.7 Å². The van der Waals surface area contributed by atoms with Crippen molar-refractivity contribution in [2.45, 2.75) is 45.4 Å². The summed E-state index contributed by atoms with van der Waals surface area (Å²) in [5.74, 6) is -0.0872. The van der Waals surface area contributed by atoms with E-state index >= 15 is 0 Å². The number of nitrogens with zero attached hydrogens (tertiary/aromatic N) is 1. The second-order valence-electron chi connectivity index (χ2n) is 6.67. The van der Waals surface area contributed by atoms with Gasteiger partial charge in [-0.25, -0.2) is 0 Å². The van der Waals surface area contributed by atoms with Crippen LogP contribution in [0.5, 0.6) is 0 Å². The van der Waals surface area contributed by atoms with Crippen LogP contribution in [0.3, 0.4) is 0 Å². The molecular formula is C21H26N2O4. The minimum atomic E-state index is -0.453. The normalized spacial score (nSPS) is 16.5. The molecule has 2 aromatic rings. The fourth-order valence-electron chi connectivity index (χ4n) is 3.32. The average Bonchev–Trinajstić information content (AvgIpc) is 3.38. The molecule has 0 radical (unpaired) electrons. The molecule has 0 spiro atoms. The van der Waals surface area contributed by atoms with Crippen molar-refractivity contribution in [2.24, 2.45) is 0 Å². The van der Waals surface area contributed by atoms with Gasteiger partial charge in [-0.15, -0.1) is 0 Å². The Morgan fingerprint density at radius 3 is 2.78 bits per heavy atom. The van der Waals surface area contributed by atoms with Crippen molar-refractivity contribution in [1.29, 1.82) is 0 Å². The van der Waals surface area contributed by atoms with Gasteiger partial charge in [-0.1, -0.05) is 31.2 Å². The zero-order valence-corrected chi connectivity index (χ0v) is 15.6. The molecule has 144 valence electrons. The number of nitrogens with one attached hydrogen (secondary N) is 1. The molecule has 1 atom stereocenters. The largest absolute Gasteiger partial charge is 0.459 e. The molecule has 1 aliphatic heterocycles. The van der Waals surface area contributed by atoms with Crippen LogP contribution in [0, 0.1) is 0 Å². The molecule has 1 aromatic heterocycles.